The van der Waals surface area contributed by atoms with Gasteiger partial charge in [0.05, 0.1) is 0 Å². The minimum atomic E-state index is -0.0487. The number of aryl methyl sites for hydroxylation is 1. The molecule has 1 amide bonds. The fraction of sp³-hybridized carbons (Fsp3) is 0.391. The Morgan fingerprint density at radius 2 is 1.67 bits per heavy atom. The summed E-state index contributed by atoms with van der Waals surface area (Å²) in [7, 11) is 5.73. The number of nitrogens with zero attached hydrogens (tertiary/aromatic N) is 2. The zero-order valence-corrected chi connectivity index (χ0v) is 20.7. The third kappa shape index (κ3) is 8.71. The lowest BCUT2D eigenvalue weighted by atomic mass is 10.1. The number of amides is 1. The summed E-state index contributed by atoms with van der Waals surface area (Å²) in [6.45, 7) is 4.92. The van der Waals surface area contributed by atoms with Crippen LogP contribution in [0.3, 0.4) is 0 Å². The topological polar surface area (TPSA) is 68.8 Å². The molecule has 0 unspecified atom stereocenters. The lowest BCUT2D eigenvalue weighted by molar-refractivity contribution is 0.0951. The van der Waals surface area contributed by atoms with E-state index in [2.05, 4.69) is 52.1 Å². The van der Waals surface area contributed by atoms with Crippen LogP contribution in [-0.4, -0.2) is 51.0 Å². The van der Waals surface area contributed by atoms with Crippen molar-refractivity contribution in [2.75, 3.05) is 34.2 Å². The molecule has 0 saturated heterocycles. The Bertz CT molecular complexity index is 823. The molecule has 0 fully saturated rings. The summed E-state index contributed by atoms with van der Waals surface area (Å²) < 4.78 is 0. The van der Waals surface area contributed by atoms with Crippen LogP contribution >= 0.6 is 24.0 Å². The van der Waals surface area contributed by atoms with Crippen molar-refractivity contribution in [2.24, 2.45) is 4.99 Å². The molecule has 3 N–H and O–H groups in total. The van der Waals surface area contributed by atoms with Crippen LogP contribution in [0.5, 0.6) is 0 Å². The van der Waals surface area contributed by atoms with Gasteiger partial charge in [-0.1, -0.05) is 43.3 Å². The van der Waals surface area contributed by atoms with Gasteiger partial charge in [-0.05, 0) is 49.3 Å². The molecule has 0 aliphatic rings. The van der Waals surface area contributed by atoms with Gasteiger partial charge in [-0.25, -0.2) is 0 Å². The molecular weight excluding hydrogens is 489 g/mol. The summed E-state index contributed by atoms with van der Waals surface area (Å²) in [6.07, 6.45) is 1.01. The van der Waals surface area contributed by atoms with Crippen molar-refractivity contribution in [1.82, 2.24) is 20.9 Å². The molecule has 6 nitrogen and oxygen atoms in total. The maximum Gasteiger partial charge on any atom is 0.251 e. The first-order valence-corrected chi connectivity index (χ1v) is 10.1. The molecule has 164 valence electrons. The SMILES string of the molecule is CCc1ccccc1CNC(=NC)NCc1cccc(C(=O)NCCN(C)C)c1.I. The molecule has 30 heavy (non-hydrogen) atoms. The van der Waals surface area contributed by atoms with Crippen molar-refractivity contribution < 1.29 is 4.79 Å². The van der Waals surface area contributed by atoms with Crippen LogP contribution < -0.4 is 16.0 Å². The zero-order valence-electron chi connectivity index (χ0n) is 18.4. The third-order valence-electron chi connectivity index (χ3n) is 4.66. The van der Waals surface area contributed by atoms with E-state index in [0.29, 0.717) is 18.7 Å². The Morgan fingerprint density at radius 3 is 2.33 bits per heavy atom. The molecule has 0 atom stereocenters. The van der Waals surface area contributed by atoms with Gasteiger partial charge in [0.15, 0.2) is 5.96 Å². The van der Waals surface area contributed by atoms with Gasteiger partial charge in [-0.15, -0.1) is 24.0 Å². The highest BCUT2D eigenvalue weighted by molar-refractivity contribution is 14.0. The van der Waals surface area contributed by atoms with Crippen molar-refractivity contribution >= 4 is 35.8 Å². The number of likely N-dealkylation sites (N-methyl/N-ethyl adjacent to an activating group) is 1. The number of rotatable bonds is 9. The van der Waals surface area contributed by atoms with Crippen molar-refractivity contribution in [3.05, 3.63) is 70.8 Å². The highest BCUT2D eigenvalue weighted by Gasteiger charge is 2.07. The van der Waals surface area contributed by atoms with Crippen LogP contribution in [0.25, 0.3) is 0 Å². The van der Waals surface area contributed by atoms with Crippen LogP contribution in [0, 0.1) is 0 Å². The van der Waals surface area contributed by atoms with Crippen molar-refractivity contribution in [1.29, 1.82) is 0 Å². The number of benzene rings is 2. The number of carbonyl (C=O) groups excluding carboxylic acids is 1. The number of halogens is 1. The Balaban J connectivity index is 0.00000450. The molecule has 0 aromatic heterocycles. The summed E-state index contributed by atoms with van der Waals surface area (Å²) >= 11 is 0. The van der Waals surface area contributed by atoms with Gasteiger partial charge in [0.25, 0.3) is 5.91 Å². The van der Waals surface area contributed by atoms with Gasteiger partial charge in [0.2, 0.25) is 0 Å². The van der Waals surface area contributed by atoms with Crippen molar-refractivity contribution in [3.8, 4) is 0 Å². The summed E-state index contributed by atoms with van der Waals surface area (Å²) in [5.74, 6) is 0.684. The van der Waals surface area contributed by atoms with E-state index in [1.165, 1.54) is 11.1 Å². The Kier molecular flexibility index (Phi) is 12.1. The molecule has 0 aliphatic heterocycles. The van der Waals surface area contributed by atoms with Gasteiger partial charge in [0.1, 0.15) is 0 Å². The van der Waals surface area contributed by atoms with Crippen molar-refractivity contribution in [2.45, 2.75) is 26.4 Å². The van der Waals surface area contributed by atoms with Crippen molar-refractivity contribution in [3.63, 3.8) is 0 Å². The predicted molar refractivity (Wildman–Crippen MR) is 136 cm³/mol. The largest absolute Gasteiger partial charge is 0.352 e. The summed E-state index contributed by atoms with van der Waals surface area (Å²) in [5, 5.41) is 9.63. The fourth-order valence-electron chi connectivity index (χ4n) is 2.98. The van der Waals surface area contributed by atoms with E-state index in [0.717, 1.165) is 31.0 Å². The molecule has 0 saturated carbocycles. The van der Waals surface area contributed by atoms with Gasteiger partial charge in [0, 0.05) is 38.8 Å². The number of hydrogen-bond acceptors (Lipinski definition) is 3. The fourth-order valence-corrected chi connectivity index (χ4v) is 2.98. The number of hydrogen-bond donors (Lipinski definition) is 3. The van der Waals surface area contributed by atoms with E-state index in [4.69, 9.17) is 0 Å². The number of nitrogens with one attached hydrogen (secondary N) is 3. The Labute approximate surface area is 197 Å². The number of aliphatic imine (C=N–C) groups is 1. The summed E-state index contributed by atoms with van der Waals surface area (Å²) in [5.41, 5.74) is 4.31. The molecule has 0 bridgehead atoms. The number of guanidine groups is 1. The van der Waals surface area contributed by atoms with E-state index in [-0.39, 0.29) is 29.9 Å². The first kappa shape index (κ1) is 25.9. The normalized spacial score (nSPS) is 11.0. The molecule has 2 aromatic carbocycles. The smallest absolute Gasteiger partial charge is 0.251 e. The van der Waals surface area contributed by atoms with Crippen LogP contribution in [0.1, 0.15) is 34.0 Å². The minimum Gasteiger partial charge on any atom is -0.352 e. The maximum atomic E-state index is 12.3. The highest BCUT2D eigenvalue weighted by Crippen LogP contribution is 2.09. The second-order valence-corrected chi connectivity index (χ2v) is 7.16. The molecular formula is C23H34IN5O. The molecule has 7 heteroatoms. The standard InChI is InChI=1S/C23H33N5O.HI/c1-5-19-10-6-7-11-21(19)17-27-23(24-2)26-16-18-9-8-12-20(15-18)22(29)25-13-14-28(3)4;/h6-12,15H,5,13-14,16-17H2,1-4H3,(H,25,29)(H2,24,26,27);1H. The average molecular weight is 523 g/mol. The van der Waals surface area contributed by atoms with E-state index in [1.54, 1.807) is 7.05 Å². The summed E-state index contributed by atoms with van der Waals surface area (Å²) in [4.78, 5) is 18.6. The molecule has 0 radical (unpaired) electrons. The third-order valence-corrected chi connectivity index (χ3v) is 4.66. The second-order valence-electron chi connectivity index (χ2n) is 7.16. The van der Waals surface area contributed by atoms with Crippen LogP contribution in [0.4, 0.5) is 0 Å². The first-order chi connectivity index (χ1) is 14.0. The first-order valence-electron chi connectivity index (χ1n) is 10.1. The highest BCUT2D eigenvalue weighted by atomic mass is 127. The second kappa shape index (κ2) is 14.0. The van der Waals surface area contributed by atoms with Gasteiger partial charge < -0.3 is 20.9 Å². The monoisotopic (exact) mass is 523 g/mol. The van der Waals surface area contributed by atoms with E-state index in [9.17, 15) is 4.79 Å². The van der Waals surface area contributed by atoms with Crippen LogP contribution in [-0.2, 0) is 19.5 Å². The van der Waals surface area contributed by atoms with Crippen LogP contribution in [0.2, 0.25) is 0 Å². The van der Waals surface area contributed by atoms with Gasteiger partial charge in [-0.2, -0.15) is 0 Å². The predicted octanol–water partition coefficient (Wildman–Crippen LogP) is 3.02. The Hall–Kier alpha value is -2.13. The Morgan fingerprint density at radius 1 is 0.967 bits per heavy atom. The lowest BCUT2D eigenvalue weighted by Crippen LogP contribution is -2.36. The minimum absolute atomic E-state index is 0. The lowest BCUT2D eigenvalue weighted by Gasteiger charge is -2.14. The summed E-state index contributed by atoms with van der Waals surface area (Å²) in [6, 6.07) is 16.1. The molecule has 0 spiro atoms. The molecule has 2 aromatic rings. The van der Waals surface area contributed by atoms with E-state index < -0.39 is 0 Å². The molecule has 0 aliphatic carbocycles. The maximum absolute atomic E-state index is 12.3. The van der Waals surface area contributed by atoms with Gasteiger partial charge in [-0.3, -0.25) is 9.79 Å². The van der Waals surface area contributed by atoms with E-state index >= 15 is 0 Å². The zero-order chi connectivity index (χ0) is 21.1. The van der Waals surface area contributed by atoms with E-state index in [1.807, 2.05) is 43.3 Å². The van der Waals surface area contributed by atoms with Crippen LogP contribution in [0.15, 0.2) is 53.5 Å². The molecule has 0 heterocycles. The quantitative estimate of drug-likeness (QED) is 0.269. The van der Waals surface area contributed by atoms with Gasteiger partial charge >= 0.3 is 0 Å². The average Bonchev–Trinajstić information content (AvgIpc) is 2.74. The molecule has 2 rings (SSSR count). The number of carbonyl (C=O) groups is 1.